The predicted molar refractivity (Wildman–Crippen MR) is 162 cm³/mol. The molecule has 0 aliphatic carbocycles. The Labute approximate surface area is 269 Å². The summed E-state index contributed by atoms with van der Waals surface area (Å²) in [5.74, 6) is 1.18. The van der Waals surface area contributed by atoms with Gasteiger partial charge in [0, 0.05) is 12.4 Å². The van der Waals surface area contributed by atoms with E-state index in [1.807, 2.05) is 50.6 Å². The third kappa shape index (κ3) is 5.39. The van der Waals surface area contributed by atoms with Crippen molar-refractivity contribution in [1.29, 1.82) is 0 Å². The highest BCUT2D eigenvalue weighted by Gasteiger charge is 2.57. The van der Waals surface area contributed by atoms with Crippen molar-refractivity contribution in [3.63, 3.8) is 0 Å². The lowest BCUT2D eigenvalue weighted by Gasteiger charge is -2.23. The molecule has 15 heteroatoms. The van der Waals surface area contributed by atoms with Gasteiger partial charge in [-0.05, 0) is 39.8 Å². The van der Waals surface area contributed by atoms with Crippen LogP contribution in [0, 0.1) is 12.3 Å². The van der Waals surface area contributed by atoms with Crippen LogP contribution < -0.4 is 0 Å². The van der Waals surface area contributed by atoms with E-state index in [9.17, 15) is 4.79 Å². The average Bonchev–Trinajstić information content (AvgIpc) is 3.80. The van der Waals surface area contributed by atoms with E-state index in [-0.39, 0.29) is 19.6 Å². The number of rotatable bonds is 3. The zero-order valence-electron chi connectivity index (χ0n) is 24.0. The maximum Gasteiger partial charge on any atom is 0.166 e. The van der Waals surface area contributed by atoms with Crippen LogP contribution in [-0.4, -0.2) is 83.6 Å². The van der Waals surface area contributed by atoms with Crippen LogP contribution in [0.2, 0.25) is 10.3 Å². The molecule has 0 unspecified atom stereocenters. The standard InChI is InChI=1S/C15H14ClN3O3.C14H14ClN3O4.CH4/c1-4-9-10-11(22-15(2,3)21-10)14(20-9)19-6-5-8-12(16)17-7-18-13(8)19;1-14(2)21-9-8(5-19)20-13(10(9)22-14)18-4-3-7-11(15)16-6-17-12(7)18;/h1,5-7,9-11,14H,2-3H3;3-6,8-10,13H,1-2H3;1H4/t9-,10-,11-,14-;8-,9-,10-,13-;/m11./s1. The van der Waals surface area contributed by atoms with Gasteiger partial charge < -0.3 is 42.3 Å². The van der Waals surface area contributed by atoms with Gasteiger partial charge in [-0.15, -0.1) is 6.42 Å². The summed E-state index contributed by atoms with van der Waals surface area (Å²) in [4.78, 5) is 27.8. The molecule has 0 saturated carbocycles. The highest BCUT2D eigenvalue weighted by Crippen LogP contribution is 2.45. The molecule has 4 aromatic heterocycles. The zero-order chi connectivity index (χ0) is 31.0. The van der Waals surface area contributed by atoms with Crippen molar-refractivity contribution in [3.8, 4) is 12.3 Å². The van der Waals surface area contributed by atoms with E-state index in [0.717, 1.165) is 17.1 Å². The fourth-order valence-corrected chi connectivity index (χ4v) is 6.55. The molecule has 0 N–H and O–H groups in total. The van der Waals surface area contributed by atoms with Crippen LogP contribution in [0.3, 0.4) is 0 Å². The second-order valence-electron chi connectivity index (χ2n) is 11.6. The zero-order valence-corrected chi connectivity index (χ0v) is 25.5. The summed E-state index contributed by atoms with van der Waals surface area (Å²) in [6.45, 7) is 7.36. The first-order chi connectivity index (χ1) is 21.0. The maximum atomic E-state index is 11.3. The highest BCUT2D eigenvalue weighted by molar-refractivity contribution is 6.34. The van der Waals surface area contributed by atoms with Gasteiger partial charge in [0.2, 0.25) is 0 Å². The number of carbonyl (C=O) groups is 1. The first-order valence-electron chi connectivity index (χ1n) is 13.9. The van der Waals surface area contributed by atoms with Gasteiger partial charge in [0.25, 0.3) is 0 Å². The lowest BCUT2D eigenvalue weighted by Crippen LogP contribution is -2.30. The van der Waals surface area contributed by atoms with Crippen LogP contribution >= 0.6 is 23.2 Å². The minimum absolute atomic E-state index is 0. The predicted octanol–water partition coefficient (Wildman–Crippen LogP) is 4.47. The van der Waals surface area contributed by atoms with Crippen molar-refractivity contribution in [2.24, 2.45) is 0 Å². The van der Waals surface area contributed by atoms with Crippen molar-refractivity contribution in [2.75, 3.05) is 0 Å². The lowest BCUT2D eigenvalue weighted by molar-refractivity contribution is -0.194. The summed E-state index contributed by atoms with van der Waals surface area (Å²) in [6.07, 6.45) is 9.25. The number of aromatic nitrogens is 6. The largest absolute Gasteiger partial charge is 0.342 e. The summed E-state index contributed by atoms with van der Waals surface area (Å²) in [5.41, 5.74) is 1.30. The molecule has 8 heterocycles. The molecule has 4 aromatic rings. The van der Waals surface area contributed by atoms with Crippen molar-refractivity contribution in [2.45, 2.75) is 95.8 Å². The van der Waals surface area contributed by atoms with E-state index in [0.29, 0.717) is 21.6 Å². The molecule has 0 radical (unpaired) electrons. The minimum atomic E-state index is -0.756. The van der Waals surface area contributed by atoms with Crippen LogP contribution in [0.1, 0.15) is 47.6 Å². The van der Waals surface area contributed by atoms with Gasteiger partial charge >= 0.3 is 0 Å². The molecule has 8 atom stereocenters. The third-order valence-corrected chi connectivity index (χ3v) is 8.46. The van der Waals surface area contributed by atoms with Gasteiger partial charge in [-0.1, -0.05) is 36.5 Å². The topological polar surface area (TPSA) is 134 Å². The minimum Gasteiger partial charge on any atom is -0.342 e. The molecule has 0 spiro atoms. The van der Waals surface area contributed by atoms with Crippen LogP contribution in [0.4, 0.5) is 0 Å². The molecule has 0 aromatic carbocycles. The number of fused-ring (bicyclic) bond motifs is 4. The van der Waals surface area contributed by atoms with Crippen LogP contribution in [0.5, 0.6) is 0 Å². The number of nitrogens with zero attached hydrogens (tertiary/aromatic N) is 6. The summed E-state index contributed by atoms with van der Waals surface area (Å²) in [5, 5.41) is 2.24. The number of terminal acetylenes is 1. The summed E-state index contributed by atoms with van der Waals surface area (Å²) in [6, 6.07) is 3.66. The van der Waals surface area contributed by atoms with E-state index >= 15 is 0 Å². The Kier molecular flexibility index (Phi) is 8.16. The molecular formula is C30H32Cl2N6O7. The van der Waals surface area contributed by atoms with Crippen molar-refractivity contribution >= 4 is 51.6 Å². The van der Waals surface area contributed by atoms with Crippen LogP contribution in [0.15, 0.2) is 37.2 Å². The maximum absolute atomic E-state index is 11.3. The van der Waals surface area contributed by atoms with Gasteiger partial charge in [-0.2, -0.15) is 0 Å². The fourth-order valence-electron chi connectivity index (χ4n) is 6.17. The first kappa shape index (κ1) is 31.8. The number of ether oxygens (including phenoxy) is 6. The molecule has 13 nitrogen and oxygen atoms in total. The smallest absolute Gasteiger partial charge is 0.166 e. The quantitative estimate of drug-likeness (QED) is 0.175. The molecule has 4 aliphatic heterocycles. The Morgan fingerprint density at radius 1 is 0.778 bits per heavy atom. The first-order valence-corrected chi connectivity index (χ1v) is 14.6. The average molecular weight is 660 g/mol. The Bertz CT molecular complexity index is 1790. The van der Waals surface area contributed by atoms with Gasteiger partial charge in [-0.3, -0.25) is 0 Å². The molecule has 4 saturated heterocycles. The van der Waals surface area contributed by atoms with Gasteiger partial charge in [0.15, 0.2) is 30.3 Å². The number of hydrogen-bond donors (Lipinski definition) is 0. The van der Waals surface area contributed by atoms with E-state index in [2.05, 4.69) is 25.9 Å². The lowest BCUT2D eigenvalue weighted by atomic mass is 10.1. The summed E-state index contributed by atoms with van der Waals surface area (Å²) >= 11 is 12.2. The Balaban J connectivity index is 0.000000155. The normalized spacial score (nSPS) is 32.4. The van der Waals surface area contributed by atoms with E-state index in [1.165, 1.54) is 12.7 Å². The second-order valence-corrected chi connectivity index (χ2v) is 12.3. The second kappa shape index (κ2) is 11.6. The van der Waals surface area contributed by atoms with Crippen molar-refractivity contribution in [1.82, 2.24) is 29.1 Å². The Hall–Kier alpha value is -3.19. The molecule has 0 amide bonds. The molecule has 8 rings (SSSR count). The third-order valence-electron chi connectivity index (χ3n) is 7.86. The van der Waals surface area contributed by atoms with E-state index in [1.54, 1.807) is 10.8 Å². The summed E-state index contributed by atoms with van der Waals surface area (Å²) < 4.78 is 39.0. The monoisotopic (exact) mass is 658 g/mol. The SMILES string of the molecule is C.C#C[C@H]1O[C@@H](n2ccc3c(Cl)ncnc32)[C@@H]2OC(C)(C)O[C@@H]21.CC1(C)O[C@@H]2[C@H](O1)[C@@H](C=O)O[C@H]2n1ccc2c(Cl)ncnc21. The molecule has 0 bridgehead atoms. The highest BCUT2D eigenvalue weighted by atomic mass is 35.5. The molecule has 238 valence electrons. The number of halogens is 2. The van der Waals surface area contributed by atoms with Gasteiger partial charge in [0.1, 0.15) is 70.9 Å². The van der Waals surface area contributed by atoms with E-state index in [4.69, 9.17) is 58.0 Å². The molecule has 4 fully saturated rings. The van der Waals surface area contributed by atoms with Crippen LogP contribution in [0.25, 0.3) is 22.1 Å². The van der Waals surface area contributed by atoms with E-state index < -0.39 is 48.4 Å². The van der Waals surface area contributed by atoms with Crippen molar-refractivity contribution in [3.05, 3.63) is 47.5 Å². The van der Waals surface area contributed by atoms with Gasteiger partial charge in [0.05, 0.1) is 10.8 Å². The van der Waals surface area contributed by atoms with Gasteiger partial charge in [-0.25, -0.2) is 19.9 Å². The van der Waals surface area contributed by atoms with Crippen molar-refractivity contribution < 1.29 is 33.2 Å². The number of carbonyl (C=O) groups excluding carboxylic acids is 1. The molecular weight excluding hydrogens is 627 g/mol. The number of aldehydes is 1. The number of hydrogen-bond acceptors (Lipinski definition) is 11. The van der Waals surface area contributed by atoms with Crippen LogP contribution in [-0.2, 0) is 33.2 Å². The summed E-state index contributed by atoms with van der Waals surface area (Å²) in [7, 11) is 0. The molecule has 4 aliphatic rings. The molecule has 45 heavy (non-hydrogen) atoms. The Morgan fingerprint density at radius 3 is 1.76 bits per heavy atom. The Morgan fingerprint density at radius 2 is 1.24 bits per heavy atom. The fraction of sp³-hybridized carbons (Fsp3) is 0.500.